The molecule has 1 aliphatic heterocycles. The van der Waals surface area contributed by atoms with Crippen LogP contribution in [0.15, 0.2) is 48.5 Å². The molecule has 2 aromatic carbocycles. The first-order valence-corrected chi connectivity index (χ1v) is 10.6. The summed E-state index contributed by atoms with van der Waals surface area (Å²) in [6.07, 6.45) is 2.04. The van der Waals surface area contributed by atoms with Gasteiger partial charge in [0.15, 0.2) is 0 Å². The van der Waals surface area contributed by atoms with Crippen molar-refractivity contribution in [1.29, 1.82) is 0 Å². The van der Waals surface area contributed by atoms with E-state index in [4.69, 9.17) is 11.6 Å². The van der Waals surface area contributed by atoms with E-state index in [-0.39, 0.29) is 24.9 Å². The predicted molar refractivity (Wildman–Crippen MR) is 105 cm³/mol. The molecule has 1 aliphatic rings. The number of carbonyl (C=O) groups is 1. The van der Waals surface area contributed by atoms with E-state index < -0.39 is 10.0 Å². The van der Waals surface area contributed by atoms with Crippen LogP contribution >= 0.6 is 11.6 Å². The molecule has 0 spiro atoms. The van der Waals surface area contributed by atoms with Crippen LogP contribution in [0.2, 0.25) is 5.02 Å². The fourth-order valence-electron chi connectivity index (χ4n) is 3.38. The Morgan fingerprint density at radius 2 is 1.96 bits per heavy atom. The summed E-state index contributed by atoms with van der Waals surface area (Å²) in [5, 5.41) is 0.449. The second-order valence-corrected chi connectivity index (χ2v) is 8.85. The van der Waals surface area contributed by atoms with E-state index in [1.165, 1.54) is 4.31 Å². The molecule has 0 N–H and O–H groups in total. The number of sulfonamides is 1. The molecule has 0 radical (unpaired) electrons. The largest absolute Gasteiger partial charge is 0.309 e. The van der Waals surface area contributed by atoms with Gasteiger partial charge >= 0.3 is 0 Å². The Bertz CT molecular complexity index is 930. The molecular weight excluding hydrogens is 372 g/mol. The molecule has 1 unspecified atom stereocenters. The van der Waals surface area contributed by atoms with Crippen LogP contribution in [0.4, 0.5) is 11.4 Å². The molecule has 0 saturated carbocycles. The Morgan fingerprint density at radius 1 is 1.23 bits per heavy atom. The van der Waals surface area contributed by atoms with E-state index in [9.17, 15) is 13.2 Å². The Labute approximate surface area is 159 Å². The van der Waals surface area contributed by atoms with Crippen LogP contribution in [-0.4, -0.2) is 33.2 Å². The van der Waals surface area contributed by atoms with Gasteiger partial charge in [0.25, 0.3) is 0 Å². The topological polar surface area (TPSA) is 57.7 Å². The monoisotopic (exact) mass is 392 g/mol. The maximum absolute atomic E-state index is 12.8. The Balaban J connectivity index is 1.79. The van der Waals surface area contributed by atoms with Crippen molar-refractivity contribution < 1.29 is 13.2 Å². The first-order valence-electron chi connectivity index (χ1n) is 8.40. The summed E-state index contributed by atoms with van der Waals surface area (Å²) in [7, 11) is -3.52. The van der Waals surface area contributed by atoms with Crippen molar-refractivity contribution >= 4 is 38.9 Å². The lowest BCUT2D eigenvalue weighted by Gasteiger charge is -2.26. The van der Waals surface area contributed by atoms with E-state index >= 15 is 0 Å². The standard InChI is InChI=1S/C19H21ClN2O3S/c1-14-12-15-6-3-4-9-18(15)22(14)19(23)10-11-21(26(2,24)25)17-8-5-7-16(20)13-17/h3-9,13-14H,10-12H2,1-2H3. The van der Waals surface area contributed by atoms with Crippen LogP contribution in [0.1, 0.15) is 18.9 Å². The van der Waals surface area contributed by atoms with Crippen molar-refractivity contribution in [1.82, 2.24) is 0 Å². The minimum Gasteiger partial charge on any atom is -0.309 e. The smallest absolute Gasteiger partial charge is 0.232 e. The highest BCUT2D eigenvalue weighted by Crippen LogP contribution is 2.32. The van der Waals surface area contributed by atoms with Crippen LogP contribution in [0, 0.1) is 0 Å². The van der Waals surface area contributed by atoms with Gasteiger partial charge in [-0.05, 0) is 43.2 Å². The molecule has 2 aromatic rings. The van der Waals surface area contributed by atoms with Gasteiger partial charge in [-0.15, -0.1) is 0 Å². The maximum Gasteiger partial charge on any atom is 0.232 e. The average molecular weight is 393 g/mol. The van der Waals surface area contributed by atoms with Gasteiger partial charge in [-0.2, -0.15) is 0 Å². The minimum atomic E-state index is -3.52. The summed E-state index contributed by atoms with van der Waals surface area (Å²) < 4.78 is 25.6. The predicted octanol–water partition coefficient (Wildman–Crippen LogP) is 3.47. The zero-order valence-electron chi connectivity index (χ0n) is 14.7. The summed E-state index contributed by atoms with van der Waals surface area (Å²) in [5.41, 5.74) is 2.52. The SMILES string of the molecule is CC1Cc2ccccc2N1C(=O)CCN(c1cccc(Cl)c1)S(C)(=O)=O. The number of para-hydroxylation sites is 1. The van der Waals surface area contributed by atoms with Gasteiger partial charge in [-0.25, -0.2) is 8.42 Å². The highest BCUT2D eigenvalue weighted by Gasteiger charge is 2.31. The average Bonchev–Trinajstić information content (AvgIpc) is 2.89. The molecule has 5 nitrogen and oxygen atoms in total. The van der Waals surface area contributed by atoms with Crippen LogP contribution in [0.3, 0.4) is 0 Å². The number of fused-ring (bicyclic) bond motifs is 1. The molecule has 26 heavy (non-hydrogen) atoms. The van der Waals surface area contributed by atoms with Gasteiger partial charge in [0.1, 0.15) is 0 Å². The van der Waals surface area contributed by atoms with Crippen molar-refractivity contribution in [2.75, 3.05) is 22.0 Å². The molecule has 0 bridgehead atoms. The third kappa shape index (κ3) is 3.86. The lowest BCUT2D eigenvalue weighted by molar-refractivity contribution is -0.118. The number of nitrogens with zero attached hydrogens (tertiary/aromatic N) is 2. The number of rotatable bonds is 5. The van der Waals surface area contributed by atoms with Gasteiger partial charge in [-0.1, -0.05) is 35.9 Å². The van der Waals surface area contributed by atoms with Gasteiger partial charge < -0.3 is 4.90 Å². The van der Waals surface area contributed by atoms with Gasteiger partial charge in [-0.3, -0.25) is 9.10 Å². The molecule has 0 fully saturated rings. The molecule has 1 atom stereocenters. The van der Waals surface area contributed by atoms with Crippen molar-refractivity contribution in [2.45, 2.75) is 25.8 Å². The van der Waals surface area contributed by atoms with E-state index in [0.717, 1.165) is 23.9 Å². The molecule has 138 valence electrons. The molecule has 7 heteroatoms. The zero-order valence-corrected chi connectivity index (χ0v) is 16.3. The Morgan fingerprint density at radius 3 is 2.65 bits per heavy atom. The van der Waals surface area contributed by atoms with Gasteiger partial charge in [0, 0.05) is 29.7 Å². The van der Waals surface area contributed by atoms with Crippen molar-refractivity contribution in [3.63, 3.8) is 0 Å². The second kappa shape index (κ2) is 7.29. The van der Waals surface area contributed by atoms with Crippen molar-refractivity contribution in [2.24, 2.45) is 0 Å². The number of hydrogen-bond donors (Lipinski definition) is 0. The molecule has 0 aromatic heterocycles. The van der Waals surface area contributed by atoms with Crippen molar-refractivity contribution in [3.05, 3.63) is 59.1 Å². The van der Waals surface area contributed by atoms with Crippen LogP contribution < -0.4 is 9.21 Å². The maximum atomic E-state index is 12.8. The van der Waals surface area contributed by atoms with Crippen molar-refractivity contribution in [3.8, 4) is 0 Å². The molecule has 3 rings (SSSR count). The minimum absolute atomic E-state index is 0.0674. The normalized spacial score (nSPS) is 16.4. The summed E-state index contributed by atoms with van der Waals surface area (Å²) in [6.45, 7) is 2.08. The number of carbonyl (C=O) groups excluding carboxylic acids is 1. The molecular formula is C19H21ClN2O3S. The van der Waals surface area contributed by atoms with Gasteiger partial charge in [0.2, 0.25) is 15.9 Å². The van der Waals surface area contributed by atoms with Crippen LogP contribution in [0.5, 0.6) is 0 Å². The third-order valence-electron chi connectivity index (χ3n) is 4.50. The highest BCUT2D eigenvalue weighted by atomic mass is 35.5. The van der Waals surface area contributed by atoms with Crippen LogP contribution in [0.25, 0.3) is 0 Å². The zero-order chi connectivity index (χ0) is 18.9. The summed E-state index contributed by atoms with van der Waals surface area (Å²) in [6, 6.07) is 14.5. The molecule has 0 saturated heterocycles. The second-order valence-electron chi connectivity index (χ2n) is 6.51. The Hall–Kier alpha value is -2.05. The highest BCUT2D eigenvalue weighted by molar-refractivity contribution is 7.92. The van der Waals surface area contributed by atoms with Gasteiger partial charge in [0.05, 0.1) is 11.9 Å². The molecule has 1 heterocycles. The van der Waals surface area contributed by atoms with E-state index in [0.29, 0.717) is 10.7 Å². The number of benzene rings is 2. The first-order chi connectivity index (χ1) is 12.3. The summed E-state index contributed by atoms with van der Waals surface area (Å²) in [4.78, 5) is 14.6. The number of anilines is 2. The summed E-state index contributed by atoms with van der Waals surface area (Å²) >= 11 is 5.98. The van der Waals surface area contributed by atoms with Crippen LogP contribution in [-0.2, 0) is 21.2 Å². The number of amides is 1. The summed E-state index contributed by atoms with van der Waals surface area (Å²) in [5.74, 6) is -0.0851. The molecule has 1 amide bonds. The lowest BCUT2D eigenvalue weighted by Crippen LogP contribution is -2.39. The number of halogens is 1. The molecule has 0 aliphatic carbocycles. The van der Waals surface area contributed by atoms with E-state index in [1.807, 2.05) is 31.2 Å². The number of hydrogen-bond acceptors (Lipinski definition) is 3. The van der Waals surface area contributed by atoms with E-state index in [2.05, 4.69) is 0 Å². The fourth-order valence-corrected chi connectivity index (χ4v) is 4.48. The Kier molecular flexibility index (Phi) is 5.25. The quantitative estimate of drug-likeness (QED) is 0.782. The fraction of sp³-hybridized carbons (Fsp3) is 0.316. The third-order valence-corrected chi connectivity index (χ3v) is 5.93. The van der Waals surface area contributed by atoms with E-state index in [1.54, 1.807) is 29.2 Å². The first kappa shape index (κ1) is 18.7. The lowest BCUT2D eigenvalue weighted by atomic mass is 10.1.